The maximum Gasteiger partial charge on any atom is 0.223 e. The van der Waals surface area contributed by atoms with Gasteiger partial charge in [0, 0.05) is 50.0 Å². The second-order valence-corrected chi connectivity index (χ2v) is 9.61. The third-order valence-electron chi connectivity index (χ3n) is 6.33. The molecule has 3 rings (SSSR count). The van der Waals surface area contributed by atoms with Gasteiger partial charge in [-0.05, 0) is 49.1 Å². The van der Waals surface area contributed by atoms with Crippen molar-refractivity contribution in [2.24, 2.45) is 5.41 Å². The molecule has 1 heterocycles. The molecule has 1 atom stereocenters. The number of carbonyl (C=O) groups is 2. The van der Waals surface area contributed by atoms with Crippen molar-refractivity contribution in [1.82, 2.24) is 9.80 Å². The van der Waals surface area contributed by atoms with Gasteiger partial charge in [0.1, 0.15) is 5.75 Å². The molecule has 1 aliphatic heterocycles. The topological polar surface area (TPSA) is 49.9 Å². The Morgan fingerprint density at radius 2 is 1.85 bits per heavy atom. The second-order valence-electron chi connectivity index (χ2n) is 9.18. The molecule has 0 N–H and O–H groups in total. The molecule has 6 heteroatoms. The van der Waals surface area contributed by atoms with Gasteiger partial charge in [-0.2, -0.15) is 0 Å². The van der Waals surface area contributed by atoms with Gasteiger partial charge in [0.2, 0.25) is 11.8 Å². The lowest BCUT2D eigenvalue weighted by atomic mass is 9.77. The quantitative estimate of drug-likeness (QED) is 0.456. The van der Waals surface area contributed by atoms with E-state index in [2.05, 4.69) is 6.92 Å². The van der Waals surface area contributed by atoms with Crippen LogP contribution in [0.5, 0.6) is 5.75 Å². The number of amides is 2. The van der Waals surface area contributed by atoms with E-state index in [1.165, 1.54) is 0 Å². The highest BCUT2D eigenvalue weighted by Gasteiger charge is 2.40. The Balaban J connectivity index is 1.72. The fraction of sp³-hybridized carbons (Fsp3) is 0.481. The Bertz CT molecular complexity index is 903. The van der Waals surface area contributed by atoms with Crippen LogP contribution in [-0.2, 0) is 16.1 Å². The zero-order valence-corrected chi connectivity index (χ0v) is 20.5. The summed E-state index contributed by atoms with van der Waals surface area (Å²) in [7, 11) is 1.84. The second kappa shape index (κ2) is 12.1. The zero-order chi connectivity index (χ0) is 23.7. The largest absolute Gasteiger partial charge is 0.493 e. The highest BCUT2D eigenvalue weighted by Crippen LogP contribution is 2.36. The van der Waals surface area contributed by atoms with Crippen LogP contribution in [0.4, 0.5) is 0 Å². The smallest absolute Gasteiger partial charge is 0.223 e. The highest BCUT2D eigenvalue weighted by atomic mass is 35.5. The number of hydrogen-bond acceptors (Lipinski definition) is 3. The number of ether oxygens (including phenoxy) is 1. The van der Waals surface area contributed by atoms with Crippen molar-refractivity contribution in [2.45, 2.75) is 52.0 Å². The zero-order valence-electron chi connectivity index (χ0n) is 19.8. The van der Waals surface area contributed by atoms with Crippen molar-refractivity contribution in [2.75, 3.05) is 26.7 Å². The molecule has 33 heavy (non-hydrogen) atoms. The van der Waals surface area contributed by atoms with Crippen LogP contribution in [0, 0.1) is 5.41 Å². The maximum atomic E-state index is 13.3. The predicted molar refractivity (Wildman–Crippen MR) is 132 cm³/mol. The van der Waals surface area contributed by atoms with E-state index < -0.39 is 5.41 Å². The Labute approximate surface area is 202 Å². The molecule has 0 unspecified atom stereocenters. The van der Waals surface area contributed by atoms with Crippen LogP contribution in [0.15, 0.2) is 54.6 Å². The normalized spacial score (nSPS) is 18.1. The highest BCUT2D eigenvalue weighted by molar-refractivity contribution is 6.30. The molecular formula is C27H35ClN2O3. The Morgan fingerprint density at radius 3 is 2.55 bits per heavy atom. The van der Waals surface area contributed by atoms with E-state index >= 15 is 0 Å². The number of halogens is 1. The first-order valence-electron chi connectivity index (χ1n) is 11.8. The number of carbonyl (C=O) groups excluding carboxylic acids is 2. The van der Waals surface area contributed by atoms with Gasteiger partial charge in [-0.15, -0.1) is 0 Å². The summed E-state index contributed by atoms with van der Waals surface area (Å²) < 4.78 is 6.14. The summed E-state index contributed by atoms with van der Waals surface area (Å²) in [5, 5.41) is 0.653. The summed E-state index contributed by atoms with van der Waals surface area (Å²) in [5.74, 6) is 0.970. The van der Waals surface area contributed by atoms with Crippen LogP contribution >= 0.6 is 11.6 Å². The first-order valence-corrected chi connectivity index (χ1v) is 12.2. The average molecular weight is 471 g/mol. The number of rotatable bonds is 10. The minimum Gasteiger partial charge on any atom is -0.493 e. The lowest BCUT2D eigenvalue weighted by Gasteiger charge is -2.43. The van der Waals surface area contributed by atoms with E-state index in [1.807, 2.05) is 54.4 Å². The van der Waals surface area contributed by atoms with Crippen molar-refractivity contribution in [3.63, 3.8) is 0 Å². The van der Waals surface area contributed by atoms with Gasteiger partial charge in [0.15, 0.2) is 0 Å². The van der Waals surface area contributed by atoms with Crippen LogP contribution in [0.3, 0.4) is 0 Å². The Kier molecular flexibility index (Phi) is 9.19. The van der Waals surface area contributed by atoms with Gasteiger partial charge >= 0.3 is 0 Å². The molecule has 0 saturated carbocycles. The molecule has 178 valence electrons. The molecule has 1 fully saturated rings. The monoisotopic (exact) mass is 470 g/mol. The Morgan fingerprint density at radius 1 is 1.12 bits per heavy atom. The lowest BCUT2D eigenvalue weighted by Crippen LogP contribution is -2.50. The van der Waals surface area contributed by atoms with Gasteiger partial charge in [0.25, 0.3) is 0 Å². The van der Waals surface area contributed by atoms with Gasteiger partial charge < -0.3 is 14.5 Å². The molecule has 1 aliphatic rings. The summed E-state index contributed by atoms with van der Waals surface area (Å²) >= 11 is 6.00. The van der Waals surface area contributed by atoms with Crippen molar-refractivity contribution in [1.29, 1.82) is 0 Å². The third-order valence-corrected chi connectivity index (χ3v) is 6.58. The van der Waals surface area contributed by atoms with E-state index in [9.17, 15) is 9.59 Å². The summed E-state index contributed by atoms with van der Waals surface area (Å²) in [6, 6.07) is 17.3. The number of piperidine rings is 1. The molecule has 1 saturated heterocycles. The van der Waals surface area contributed by atoms with Crippen LogP contribution < -0.4 is 4.74 Å². The number of likely N-dealkylation sites (tertiary alicyclic amines) is 1. The fourth-order valence-electron chi connectivity index (χ4n) is 4.39. The van der Waals surface area contributed by atoms with Crippen molar-refractivity contribution < 1.29 is 14.3 Å². The van der Waals surface area contributed by atoms with E-state index in [4.69, 9.17) is 16.3 Å². The van der Waals surface area contributed by atoms with E-state index in [-0.39, 0.29) is 11.8 Å². The molecule has 2 aromatic rings. The number of benzene rings is 2. The SMILES string of the molecule is CCCCC(=O)N1CCC[C@](COc2ccc(Cl)cc2)(CC(=O)N(C)Cc2ccccc2)C1. The van der Waals surface area contributed by atoms with Gasteiger partial charge in [0.05, 0.1) is 6.61 Å². The Hall–Kier alpha value is -2.53. The van der Waals surface area contributed by atoms with Gasteiger partial charge in [-0.25, -0.2) is 0 Å². The molecule has 2 aromatic carbocycles. The summed E-state index contributed by atoms with van der Waals surface area (Å²) in [6.07, 6.45) is 4.52. The molecule has 0 aliphatic carbocycles. The lowest BCUT2D eigenvalue weighted by molar-refractivity contribution is -0.141. The minimum absolute atomic E-state index is 0.0708. The predicted octanol–water partition coefficient (Wildman–Crippen LogP) is 5.57. The minimum atomic E-state index is -0.415. The summed E-state index contributed by atoms with van der Waals surface area (Å²) in [5.41, 5.74) is 0.682. The molecule has 0 bridgehead atoms. The molecule has 2 amide bonds. The average Bonchev–Trinajstić information content (AvgIpc) is 2.83. The van der Waals surface area contributed by atoms with Crippen LogP contribution in [0.25, 0.3) is 0 Å². The summed E-state index contributed by atoms with van der Waals surface area (Å²) in [4.78, 5) is 29.8. The number of hydrogen-bond donors (Lipinski definition) is 0. The van der Waals surface area contributed by atoms with E-state index in [0.29, 0.717) is 37.6 Å². The van der Waals surface area contributed by atoms with Crippen LogP contribution in [0.2, 0.25) is 5.02 Å². The molecule has 0 aromatic heterocycles. The molecular weight excluding hydrogens is 436 g/mol. The van der Waals surface area contributed by atoms with Crippen molar-refractivity contribution >= 4 is 23.4 Å². The van der Waals surface area contributed by atoms with Gasteiger partial charge in [-0.1, -0.05) is 55.3 Å². The van der Waals surface area contributed by atoms with E-state index in [1.54, 1.807) is 17.0 Å². The van der Waals surface area contributed by atoms with Gasteiger partial charge in [-0.3, -0.25) is 9.59 Å². The number of nitrogens with zero attached hydrogens (tertiary/aromatic N) is 2. The summed E-state index contributed by atoms with van der Waals surface area (Å²) in [6.45, 7) is 4.34. The van der Waals surface area contributed by atoms with E-state index in [0.717, 1.165) is 43.5 Å². The van der Waals surface area contributed by atoms with Crippen molar-refractivity contribution in [3.8, 4) is 5.75 Å². The first kappa shape index (κ1) is 25.1. The molecule has 0 spiro atoms. The maximum absolute atomic E-state index is 13.3. The fourth-order valence-corrected chi connectivity index (χ4v) is 4.51. The van der Waals surface area contributed by atoms with Crippen LogP contribution in [0.1, 0.15) is 51.0 Å². The molecule has 0 radical (unpaired) electrons. The van der Waals surface area contributed by atoms with Crippen molar-refractivity contribution in [3.05, 3.63) is 65.2 Å². The first-order chi connectivity index (χ1) is 15.9. The number of unbranched alkanes of at least 4 members (excludes halogenated alkanes) is 1. The standard InChI is InChI=1S/C27H35ClN2O3/c1-3-4-11-25(31)30-17-8-16-27(20-30,21-33-24-14-12-23(28)13-15-24)18-26(32)29(2)19-22-9-6-5-7-10-22/h5-7,9-10,12-15H,3-4,8,11,16-21H2,1-2H3/t27-/m0/s1. The third kappa shape index (κ3) is 7.50. The van der Waals surface area contributed by atoms with Crippen LogP contribution in [-0.4, -0.2) is 48.4 Å². The molecule has 5 nitrogen and oxygen atoms in total.